The Hall–Kier alpha value is -1.79. The molecule has 1 fully saturated rings. The molecule has 0 aliphatic carbocycles. The third-order valence-corrected chi connectivity index (χ3v) is 4.29. The van der Waals surface area contributed by atoms with E-state index in [0.29, 0.717) is 43.5 Å². The van der Waals surface area contributed by atoms with Crippen molar-refractivity contribution in [1.29, 1.82) is 0 Å². The highest BCUT2D eigenvalue weighted by molar-refractivity contribution is 6.32. The molecule has 0 spiro atoms. The lowest BCUT2D eigenvalue weighted by molar-refractivity contribution is -0.135. The Morgan fingerprint density at radius 3 is 2.56 bits per heavy atom. The Morgan fingerprint density at radius 2 is 1.92 bits per heavy atom. The van der Waals surface area contributed by atoms with E-state index in [2.05, 4.69) is 10.2 Å². The minimum Gasteiger partial charge on any atom is -0.482 e. The van der Waals surface area contributed by atoms with E-state index in [0.717, 1.165) is 5.56 Å². The molecule has 0 unspecified atom stereocenters. The van der Waals surface area contributed by atoms with Crippen molar-refractivity contribution in [3.05, 3.63) is 28.8 Å². The molecule has 1 aliphatic heterocycles. The van der Waals surface area contributed by atoms with E-state index >= 15 is 0 Å². The molecule has 1 saturated heterocycles. The summed E-state index contributed by atoms with van der Waals surface area (Å²) in [6, 6.07) is 5.62. The summed E-state index contributed by atoms with van der Waals surface area (Å²) in [4.78, 5) is 27.9. The number of nitrogens with zero attached hydrogens (tertiary/aromatic N) is 2. The maximum Gasteiger partial charge on any atom is 0.260 e. The summed E-state index contributed by atoms with van der Waals surface area (Å²) in [6.07, 6.45) is 0. The van der Waals surface area contributed by atoms with Crippen molar-refractivity contribution in [3.8, 4) is 5.75 Å². The highest BCUT2D eigenvalue weighted by Crippen LogP contribution is 2.25. The third-order valence-electron chi connectivity index (χ3n) is 3.98. The third kappa shape index (κ3) is 6.21. The number of halogens is 1. The fraction of sp³-hybridized carbons (Fsp3) is 0.556. The zero-order valence-electron chi connectivity index (χ0n) is 15.0. The zero-order valence-corrected chi connectivity index (χ0v) is 15.8. The summed E-state index contributed by atoms with van der Waals surface area (Å²) in [5.74, 6) is 0.482. The number of ether oxygens (including phenoxy) is 1. The predicted molar refractivity (Wildman–Crippen MR) is 98.0 cm³/mol. The van der Waals surface area contributed by atoms with Crippen LogP contribution in [0.5, 0.6) is 5.75 Å². The predicted octanol–water partition coefficient (Wildman–Crippen LogP) is 1.70. The number of benzene rings is 1. The highest BCUT2D eigenvalue weighted by atomic mass is 35.5. The number of aryl methyl sites for hydroxylation is 1. The van der Waals surface area contributed by atoms with Gasteiger partial charge < -0.3 is 15.0 Å². The molecule has 0 bridgehead atoms. The van der Waals surface area contributed by atoms with Crippen LogP contribution < -0.4 is 10.1 Å². The fourth-order valence-electron chi connectivity index (χ4n) is 2.68. The first-order valence-corrected chi connectivity index (χ1v) is 8.91. The molecule has 25 heavy (non-hydrogen) atoms. The Kier molecular flexibility index (Phi) is 7.08. The SMILES string of the molecule is Cc1ccc(Cl)c(OCC(=O)N2CCN(CC(=O)NC(C)C)CC2)c1. The van der Waals surface area contributed by atoms with Crippen LogP contribution in [-0.4, -0.2) is 67.0 Å². The van der Waals surface area contributed by atoms with Crippen LogP contribution >= 0.6 is 11.6 Å². The maximum atomic E-state index is 12.3. The van der Waals surface area contributed by atoms with E-state index < -0.39 is 0 Å². The number of hydrogen-bond acceptors (Lipinski definition) is 4. The number of hydrogen-bond donors (Lipinski definition) is 1. The average molecular weight is 368 g/mol. The van der Waals surface area contributed by atoms with Crippen molar-refractivity contribution in [3.63, 3.8) is 0 Å². The molecule has 2 amide bonds. The second-order valence-electron chi connectivity index (χ2n) is 6.60. The number of nitrogens with one attached hydrogen (secondary N) is 1. The van der Waals surface area contributed by atoms with E-state index in [9.17, 15) is 9.59 Å². The molecule has 0 aromatic heterocycles. The van der Waals surface area contributed by atoms with Gasteiger partial charge in [-0.1, -0.05) is 17.7 Å². The molecule has 0 atom stereocenters. The second kappa shape index (κ2) is 9.06. The largest absolute Gasteiger partial charge is 0.482 e. The van der Waals surface area contributed by atoms with E-state index in [4.69, 9.17) is 16.3 Å². The molecule has 0 saturated carbocycles. The van der Waals surface area contributed by atoms with Gasteiger partial charge in [0, 0.05) is 32.2 Å². The molecule has 1 aromatic carbocycles. The molecule has 2 rings (SSSR count). The maximum absolute atomic E-state index is 12.3. The Bertz CT molecular complexity index is 614. The van der Waals surface area contributed by atoms with Gasteiger partial charge in [-0.3, -0.25) is 14.5 Å². The van der Waals surface area contributed by atoms with Gasteiger partial charge in [-0.05, 0) is 38.5 Å². The molecule has 7 heteroatoms. The Labute approximate surface area is 154 Å². The van der Waals surface area contributed by atoms with Gasteiger partial charge in [-0.25, -0.2) is 0 Å². The smallest absolute Gasteiger partial charge is 0.260 e. The summed E-state index contributed by atoms with van der Waals surface area (Å²) in [7, 11) is 0. The van der Waals surface area contributed by atoms with Crippen LogP contribution in [0.25, 0.3) is 0 Å². The van der Waals surface area contributed by atoms with Gasteiger partial charge in [0.05, 0.1) is 11.6 Å². The lowest BCUT2D eigenvalue weighted by atomic mass is 10.2. The van der Waals surface area contributed by atoms with Gasteiger partial charge in [0.15, 0.2) is 6.61 Å². The number of rotatable bonds is 6. The van der Waals surface area contributed by atoms with Gasteiger partial charge in [0.2, 0.25) is 5.91 Å². The second-order valence-corrected chi connectivity index (χ2v) is 7.01. The summed E-state index contributed by atoms with van der Waals surface area (Å²) < 4.78 is 5.57. The van der Waals surface area contributed by atoms with E-state index in [1.54, 1.807) is 11.0 Å². The number of carbonyl (C=O) groups excluding carboxylic acids is 2. The molecule has 1 aliphatic rings. The fourth-order valence-corrected chi connectivity index (χ4v) is 2.85. The highest BCUT2D eigenvalue weighted by Gasteiger charge is 2.23. The summed E-state index contributed by atoms with van der Waals surface area (Å²) >= 11 is 6.07. The van der Waals surface area contributed by atoms with Crippen molar-refractivity contribution in [2.45, 2.75) is 26.8 Å². The quantitative estimate of drug-likeness (QED) is 0.831. The minimum atomic E-state index is -0.0659. The monoisotopic (exact) mass is 367 g/mol. The number of piperazine rings is 1. The van der Waals surface area contributed by atoms with Crippen molar-refractivity contribution >= 4 is 23.4 Å². The summed E-state index contributed by atoms with van der Waals surface area (Å²) in [5, 5.41) is 3.38. The van der Waals surface area contributed by atoms with Crippen molar-refractivity contribution in [1.82, 2.24) is 15.1 Å². The molecule has 1 aromatic rings. The van der Waals surface area contributed by atoms with Gasteiger partial charge >= 0.3 is 0 Å². The van der Waals surface area contributed by atoms with Crippen molar-refractivity contribution in [2.75, 3.05) is 39.3 Å². The van der Waals surface area contributed by atoms with Crippen molar-refractivity contribution < 1.29 is 14.3 Å². The van der Waals surface area contributed by atoms with Crippen LogP contribution in [-0.2, 0) is 9.59 Å². The lowest BCUT2D eigenvalue weighted by Gasteiger charge is -2.34. The average Bonchev–Trinajstić information content (AvgIpc) is 2.55. The van der Waals surface area contributed by atoms with Crippen LogP contribution in [0.2, 0.25) is 5.02 Å². The first-order chi connectivity index (χ1) is 11.8. The molecule has 1 N–H and O–H groups in total. The Balaban J connectivity index is 1.75. The van der Waals surface area contributed by atoms with Gasteiger partial charge in [-0.2, -0.15) is 0 Å². The number of amides is 2. The summed E-state index contributed by atoms with van der Waals surface area (Å²) in [5.41, 5.74) is 1.03. The molecule has 0 radical (unpaired) electrons. The van der Waals surface area contributed by atoms with E-state index in [1.807, 2.05) is 32.9 Å². The van der Waals surface area contributed by atoms with E-state index in [-0.39, 0.29) is 24.5 Å². The molecule has 6 nitrogen and oxygen atoms in total. The number of carbonyl (C=O) groups is 2. The summed E-state index contributed by atoms with van der Waals surface area (Å²) in [6.45, 7) is 8.72. The zero-order chi connectivity index (χ0) is 18.4. The van der Waals surface area contributed by atoms with Gasteiger partial charge in [0.25, 0.3) is 5.91 Å². The Morgan fingerprint density at radius 1 is 1.24 bits per heavy atom. The minimum absolute atomic E-state index is 0.0206. The molecule has 1 heterocycles. The van der Waals surface area contributed by atoms with Crippen LogP contribution in [0.1, 0.15) is 19.4 Å². The topological polar surface area (TPSA) is 61.9 Å². The lowest BCUT2D eigenvalue weighted by Crippen LogP contribution is -2.52. The van der Waals surface area contributed by atoms with Crippen LogP contribution in [0.4, 0.5) is 0 Å². The first kappa shape index (κ1) is 19.5. The van der Waals surface area contributed by atoms with E-state index in [1.165, 1.54) is 0 Å². The van der Waals surface area contributed by atoms with Crippen LogP contribution in [0.3, 0.4) is 0 Å². The first-order valence-electron chi connectivity index (χ1n) is 8.53. The van der Waals surface area contributed by atoms with Crippen LogP contribution in [0.15, 0.2) is 18.2 Å². The van der Waals surface area contributed by atoms with Gasteiger partial charge in [-0.15, -0.1) is 0 Å². The standard InChI is InChI=1S/C18H26ClN3O3/c1-13(2)20-17(23)11-21-6-8-22(9-7-21)18(24)12-25-16-10-14(3)4-5-15(16)19/h4-5,10,13H,6-9,11-12H2,1-3H3,(H,20,23). The van der Waals surface area contributed by atoms with Gasteiger partial charge in [0.1, 0.15) is 5.75 Å². The molecular weight excluding hydrogens is 342 g/mol. The molecule has 138 valence electrons. The normalized spacial score (nSPS) is 15.3. The van der Waals surface area contributed by atoms with Crippen molar-refractivity contribution in [2.24, 2.45) is 0 Å². The van der Waals surface area contributed by atoms with Crippen LogP contribution in [0, 0.1) is 6.92 Å². The molecular formula is C18H26ClN3O3.